The van der Waals surface area contributed by atoms with Gasteiger partial charge in [-0.1, -0.05) is 12.1 Å². The number of hydrogen-bond donors (Lipinski definition) is 3. The van der Waals surface area contributed by atoms with Crippen molar-refractivity contribution in [3.8, 4) is 0 Å². The highest BCUT2D eigenvalue weighted by molar-refractivity contribution is 6.07. The van der Waals surface area contributed by atoms with E-state index >= 15 is 0 Å². The van der Waals surface area contributed by atoms with E-state index in [4.69, 9.17) is 10.8 Å². The van der Waals surface area contributed by atoms with E-state index in [1.165, 1.54) is 24.1 Å². The third-order valence-electron chi connectivity index (χ3n) is 2.51. The fourth-order valence-corrected chi connectivity index (χ4v) is 1.59. The largest absolute Gasteiger partial charge is 0.478 e. The number of carboxylic acids is 1. The Bertz CT molecular complexity index is 637. The number of aromatic amines is 1. The molecule has 98 valence electrons. The minimum atomic E-state index is -1.12. The van der Waals surface area contributed by atoms with Gasteiger partial charge in [-0.2, -0.15) is 4.98 Å². The Morgan fingerprint density at radius 1 is 1.37 bits per heavy atom. The van der Waals surface area contributed by atoms with Gasteiger partial charge in [0.25, 0.3) is 5.91 Å². The van der Waals surface area contributed by atoms with Crippen LogP contribution in [0, 0.1) is 0 Å². The quantitative estimate of drug-likeness (QED) is 0.732. The molecule has 1 aromatic carbocycles. The molecule has 2 rings (SSSR count). The van der Waals surface area contributed by atoms with Crippen LogP contribution >= 0.6 is 0 Å². The second-order valence-electron chi connectivity index (χ2n) is 3.73. The Balaban J connectivity index is 2.37. The van der Waals surface area contributed by atoms with Gasteiger partial charge in [-0.25, -0.2) is 4.79 Å². The van der Waals surface area contributed by atoms with Crippen LogP contribution in [0.1, 0.15) is 21.0 Å². The van der Waals surface area contributed by atoms with E-state index in [-0.39, 0.29) is 23.0 Å². The van der Waals surface area contributed by atoms with Crippen molar-refractivity contribution < 1.29 is 14.7 Å². The number of para-hydroxylation sites is 1. The first-order valence-corrected chi connectivity index (χ1v) is 5.29. The number of aromatic carboxylic acids is 1. The van der Waals surface area contributed by atoms with E-state index in [0.717, 1.165) is 0 Å². The lowest BCUT2D eigenvalue weighted by atomic mass is 10.1. The molecule has 1 amide bonds. The van der Waals surface area contributed by atoms with Crippen molar-refractivity contribution in [2.24, 2.45) is 0 Å². The van der Waals surface area contributed by atoms with Crippen molar-refractivity contribution in [1.29, 1.82) is 0 Å². The van der Waals surface area contributed by atoms with Gasteiger partial charge < -0.3 is 15.7 Å². The molecular formula is C11H11N5O3. The maximum Gasteiger partial charge on any atom is 0.337 e. The van der Waals surface area contributed by atoms with Gasteiger partial charge in [0.2, 0.25) is 11.8 Å². The summed E-state index contributed by atoms with van der Waals surface area (Å²) in [7, 11) is 1.45. The molecule has 0 saturated carbocycles. The maximum atomic E-state index is 12.1. The Hall–Kier alpha value is -2.90. The molecule has 2 aromatic rings. The Labute approximate surface area is 107 Å². The molecule has 1 aromatic heterocycles. The standard InChI is InChI=1S/C11H11N5O3/c1-16(9(17)8-13-11(12)15-14-8)7-5-3-2-4-6(7)10(18)19/h2-5H,1H3,(H,18,19)(H3,12,13,14,15). The maximum absolute atomic E-state index is 12.1. The van der Waals surface area contributed by atoms with Gasteiger partial charge in [0.05, 0.1) is 11.3 Å². The van der Waals surface area contributed by atoms with Gasteiger partial charge in [0.15, 0.2) is 0 Å². The molecule has 1 heterocycles. The highest BCUT2D eigenvalue weighted by Crippen LogP contribution is 2.20. The highest BCUT2D eigenvalue weighted by Gasteiger charge is 2.21. The second-order valence-corrected chi connectivity index (χ2v) is 3.73. The van der Waals surface area contributed by atoms with Crippen LogP contribution in [0.4, 0.5) is 11.6 Å². The number of nitrogen functional groups attached to an aromatic ring is 1. The molecular weight excluding hydrogens is 250 g/mol. The molecule has 0 spiro atoms. The number of carboxylic acid groups (broad SMARTS) is 1. The minimum absolute atomic E-state index is 0.0193. The molecule has 0 aliphatic carbocycles. The first kappa shape index (κ1) is 12.6. The first-order valence-electron chi connectivity index (χ1n) is 5.29. The summed E-state index contributed by atoms with van der Waals surface area (Å²) < 4.78 is 0. The van der Waals surface area contributed by atoms with E-state index in [0.29, 0.717) is 0 Å². The summed E-state index contributed by atoms with van der Waals surface area (Å²) in [4.78, 5) is 28.0. The van der Waals surface area contributed by atoms with Crippen molar-refractivity contribution in [3.63, 3.8) is 0 Å². The van der Waals surface area contributed by atoms with Crippen LogP contribution in [0.15, 0.2) is 24.3 Å². The van der Waals surface area contributed by atoms with E-state index in [2.05, 4.69) is 15.2 Å². The molecule has 19 heavy (non-hydrogen) atoms. The minimum Gasteiger partial charge on any atom is -0.478 e. The second kappa shape index (κ2) is 4.77. The van der Waals surface area contributed by atoms with Gasteiger partial charge in [0, 0.05) is 7.05 Å². The molecule has 0 aliphatic heterocycles. The van der Waals surface area contributed by atoms with Crippen molar-refractivity contribution in [2.75, 3.05) is 17.7 Å². The van der Waals surface area contributed by atoms with E-state index < -0.39 is 11.9 Å². The van der Waals surface area contributed by atoms with Gasteiger partial charge in [0.1, 0.15) is 0 Å². The molecule has 0 atom stereocenters. The van der Waals surface area contributed by atoms with Crippen LogP contribution in [-0.4, -0.2) is 39.2 Å². The van der Waals surface area contributed by atoms with E-state index in [1.54, 1.807) is 12.1 Å². The lowest BCUT2D eigenvalue weighted by Crippen LogP contribution is -2.28. The number of H-pyrrole nitrogens is 1. The van der Waals surface area contributed by atoms with Gasteiger partial charge in [-0.15, -0.1) is 5.10 Å². The number of benzene rings is 1. The summed E-state index contributed by atoms with van der Waals surface area (Å²) in [6.45, 7) is 0. The molecule has 0 aliphatic rings. The van der Waals surface area contributed by atoms with Gasteiger partial charge in [-0.05, 0) is 12.1 Å². The molecule has 0 unspecified atom stereocenters. The van der Waals surface area contributed by atoms with Crippen molar-refractivity contribution in [2.45, 2.75) is 0 Å². The number of nitrogens with zero attached hydrogens (tertiary/aromatic N) is 3. The zero-order chi connectivity index (χ0) is 14.0. The number of rotatable bonds is 3. The fraction of sp³-hybridized carbons (Fsp3) is 0.0909. The van der Waals surface area contributed by atoms with Crippen molar-refractivity contribution in [1.82, 2.24) is 15.2 Å². The number of hydrogen-bond acceptors (Lipinski definition) is 5. The average molecular weight is 261 g/mol. The van der Waals surface area contributed by atoms with Crippen LogP contribution in [0.2, 0.25) is 0 Å². The lowest BCUT2D eigenvalue weighted by Gasteiger charge is -2.17. The summed E-state index contributed by atoms with van der Waals surface area (Å²) in [5.74, 6) is -1.76. The van der Waals surface area contributed by atoms with Crippen molar-refractivity contribution >= 4 is 23.5 Å². The SMILES string of the molecule is CN(C(=O)c1nc(N)n[nH]1)c1ccccc1C(=O)O. The van der Waals surface area contributed by atoms with Crippen molar-refractivity contribution in [3.05, 3.63) is 35.7 Å². The fourth-order valence-electron chi connectivity index (χ4n) is 1.59. The van der Waals surface area contributed by atoms with Crippen LogP contribution < -0.4 is 10.6 Å². The summed E-state index contributed by atoms with van der Waals surface area (Å²) >= 11 is 0. The summed E-state index contributed by atoms with van der Waals surface area (Å²) in [5, 5.41) is 15.0. The van der Waals surface area contributed by atoms with E-state index in [1.807, 2.05) is 0 Å². The third-order valence-corrected chi connectivity index (χ3v) is 2.51. The summed E-state index contributed by atoms with van der Waals surface area (Å²) in [6, 6.07) is 6.16. The lowest BCUT2D eigenvalue weighted by molar-refractivity contribution is 0.0697. The number of carbonyl (C=O) groups is 2. The topological polar surface area (TPSA) is 125 Å². The third kappa shape index (κ3) is 2.37. The zero-order valence-corrected chi connectivity index (χ0v) is 9.99. The van der Waals surface area contributed by atoms with Gasteiger partial charge >= 0.3 is 5.97 Å². The monoisotopic (exact) mass is 261 g/mol. The van der Waals surface area contributed by atoms with E-state index in [9.17, 15) is 9.59 Å². The van der Waals surface area contributed by atoms with Crippen LogP contribution in [0.25, 0.3) is 0 Å². The Morgan fingerprint density at radius 2 is 2.05 bits per heavy atom. The predicted molar refractivity (Wildman–Crippen MR) is 66.9 cm³/mol. The molecule has 0 fully saturated rings. The molecule has 8 nitrogen and oxygen atoms in total. The predicted octanol–water partition coefficient (Wildman–Crippen LogP) is 0.362. The number of nitrogens with one attached hydrogen (secondary N) is 1. The Kier molecular flexibility index (Phi) is 3.15. The van der Waals surface area contributed by atoms with Crippen LogP contribution in [-0.2, 0) is 0 Å². The normalized spacial score (nSPS) is 10.2. The number of nitrogens with two attached hydrogens (primary N) is 1. The molecule has 8 heteroatoms. The smallest absolute Gasteiger partial charge is 0.337 e. The molecule has 0 saturated heterocycles. The summed E-state index contributed by atoms with van der Waals surface area (Å²) in [5.41, 5.74) is 5.59. The Morgan fingerprint density at radius 3 is 2.63 bits per heavy atom. The molecule has 0 bridgehead atoms. The van der Waals surface area contributed by atoms with Gasteiger partial charge in [-0.3, -0.25) is 9.89 Å². The summed E-state index contributed by atoms with van der Waals surface area (Å²) in [6.07, 6.45) is 0. The van der Waals surface area contributed by atoms with Crippen LogP contribution in [0.5, 0.6) is 0 Å². The molecule has 0 radical (unpaired) electrons. The number of carbonyl (C=O) groups excluding carboxylic acids is 1. The zero-order valence-electron chi connectivity index (χ0n) is 9.99. The first-order chi connectivity index (χ1) is 9.00. The molecule has 4 N–H and O–H groups in total. The highest BCUT2D eigenvalue weighted by atomic mass is 16.4. The number of amides is 1. The number of anilines is 2. The number of aromatic nitrogens is 3. The van der Waals surface area contributed by atoms with Crippen LogP contribution in [0.3, 0.4) is 0 Å². The average Bonchev–Trinajstić information content (AvgIpc) is 2.83.